The zero-order valence-corrected chi connectivity index (χ0v) is 16.5. The van der Waals surface area contributed by atoms with Crippen molar-refractivity contribution in [3.05, 3.63) is 24.0 Å². The lowest BCUT2D eigenvalue weighted by Crippen LogP contribution is -2.11. The molecule has 0 saturated heterocycles. The van der Waals surface area contributed by atoms with E-state index < -0.39 is 11.2 Å². The summed E-state index contributed by atoms with van der Waals surface area (Å²) in [4.78, 5) is 13.6. The lowest BCUT2D eigenvalue weighted by atomic mass is 9.98. The summed E-state index contributed by atoms with van der Waals surface area (Å²) in [5.41, 5.74) is 15.1. The third-order valence-corrected chi connectivity index (χ3v) is 6.84. The highest BCUT2D eigenvalue weighted by Gasteiger charge is 2.25. The van der Waals surface area contributed by atoms with E-state index in [2.05, 4.69) is 23.8 Å². The Bertz CT molecular complexity index is 912. The zero-order valence-electron chi connectivity index (χ0n) is 14.9. The van der Waals surface area contributed by atoms with Crippen LogP contribution in [-0.4, -0.2) is 39.0 Å². The third kappa shape index (κ3) is 3.61. The molecule has 0 radical (unpaired) electrons. The molecule has 9 heteroatoms. The summed E-state index contributed by atoms with van der Waals surface area (Å²) in [6, 6.07) is 1.99. The van der Waals surface area contributed by atoms with Gasteiger partial charge in [-0.25, -0.2) is 15.0 Å². The van der Waals surface area contributed by atoms with Gasteiger partial charge < -0.3 is 20.8 Å². The van der Waals surface area contributed by atoms with Crippen molar-refractivity contribution in [1.82, 2.24) is 15.0 Å². The number of ether oxygens (including phenoxy) is 1. The standard InChI is InChI=1S/C17H21N5O2S2/c1-9(2)11-6-12(10-7-20-17(19)21-8-10)22-15-13(11)14(18)16(25-15)26(23)5-4-24-3/h6-9H,4-5,18H2,1-3H3,(H2,19,20,21)/t26-/m1/s1. The minimum Gasteiger partial charge on any atom is -0.611 e. The Morgan fingerprint density at radius 1 is 1.27 bits per heavy atom. The quantitative estimate of drug-likeness (QED) is 0.619. The summed E-state index contributed by atoms with van der Waals surface area (Å²) >= 11 is 0.153. The van der Waals surface area contributed by atoms with Crippen molar-refractivity contribution in [2.45, 2.75) is 24.0 Å². The maximum Gasteiger partial charge on any atom is 0.232 e. The summed E-state index contributed by atoms with van der Waals surface area (Å²) in [7, 11) is 1.59. The summed E-state index contributed by atoms with van der Waals surface area (Å²) in [5.74, 6) is 0.852. The summed E-state index contributed by atoms with van der Waals surface area (Å²) in [6.45, 7) is 4.60. The Hall–Kier alpha value is -1.94. The van der Waals surface area contributed by atoms with Gasteiger partial charge in [0, 0.05) is 41.6 Å². The number of thiophene rings is 1. The van der Waals surface area contributed by atoms with Gasteiger partial charge in [-0.05, 0) is 17.5 Å². The number of pyridine rings is 1. The number of methoxy groups -OCH3 is 1. The zero-order chi connectivity index (χ0) is 18.8. The molecule has 7 nitrogen and oxygen atoms in total. The molecule has 0 spiro atoms. The Kier molecular flexibility index (Phi) is 5.61. The highest BCUT2D eigenvalue weighted by atomic mass is 32.2. The van der Waals surface area contributed by atoms with Crippen molar-refractivity contribution in [2.75, 3.05) is 30.9 Å². The van der Waals surface area contributed by atoms with Gasteiger partial charge in [0.25, 0.3) is 0 Å². The topological polar surface area (TPSA) is 123 Å². The van der Waals surface area contributed by atoms with Crippen LogP contribution in [0.15, 0.2) is 22.7 Å². The van der Waals surface area contributed by atoms with Crippen molar-refractivity contribution < 1.29 is 9.29 Å². The van der Waals surface area contributed by atoms with Crippen LogP contribution in [0.1, 0.15) is 25.3 Å². The van der Waals surface area contributed by atoms with Crippen molar-refractivity contribution in [3.8, 4) is 11.3 Å². The van der Waals surface area contributed by atoms with Crippen LogP contribution >= 0.6 is 11.3 Å². The van der Waals surface area contributed by atoms with Crippen LogP contribution in [-0.2, 0) is 15.9 Å². The number of nitrogen functional groups attached to an aromatic ring is 2. The molecular weight excluding hydrogens is 370 g/mol. The molecule has 0 bridgehead atoms. The number of hydrogen-bond donors (Lipinski definition) is 2. The van der Waals surface area contributed by atoms with Gasteiger partial charge in [0.15, 0.2) is 0 Å². The molecule has 0 saturated carbocycles. The van der Waals surface area contributed by atoms with Crippen molar-refractivity contribution >= 4 is 44.4 Å². The molecule has 138 valence electrons. The van der Waals surface area contributed by atoms with E-state index in [4.69, 9.17) is 21.2 Å². The lowest BCUT2D eigenvalue weighted by Gasteiger charge is -2.11. The first-order valence-corrected chi connectivity index (χ1v) is 10.2. The molecular formula is C17H21N5O2S2. The summed E-state index contributed by atoms with van der Waals surface area (Å²) in [6.07, 6.45) is 3.30. The Labute approximate surface area is 159 Å². The predicted octanol–water partition coefficient (Wildman–Crippen LogP) is 2.80. The third-order valence-electron chi connectivity index (χ3n) is 3.96. The fourth-order valence-corrected chi connectivity index (χ4v) is 5.20. The van der Waals surface area contributed by atoms with Crippen molar-refractivity contribution in [3.63, 3.8) is 0 Å². The van der Waals surface area contributed by atoms with Gasteiger partial charge in [-0.1, -0.05) is 25.2 Å². The van der Waals surface area contributed by atoms with Crippen LogP contribution in [0.3, 0.4) is 0 Å². The average molecular weight is 392 g/mol. The maximum absolute atomic E-state index is 12.6. The molecule has 0 aliphatic heterocycles. The monoisotopic (exact) mass is 391 g/mol. The molecule has 26 heavy (non-hydrogen) atoms. The number of nitrogens with zero attached hydrogens (tertiary/aromatic N) is 3. The molecule has 3 rings (SSSR count). The number of rotatable bonds is 6. The maximum atomic E-state index is 12.6. The minimum atomic E-state index is -1.22. The van der Waals surface area contributed by atoms with Gasteiger partial charge in [0.2, 0.25) is 10.2 Å². The van der Waals surface area contributed by atoms with Gasteiger partial charge in [-0.15, -0.1) is 0 Å². The van der Waals surface area contributed by atoms with Crippen molar-refractivity contribution in [2.24, 2.45) is 0 Å². The smallest absolute Gasteiger partial charge is 0.232 e. The molecule has 3 aromatic rings. The molecule has 1 atom stereocenters. The summed E-state index contributed by atoms with van der Waals surface area (Å²) < 4.78 is 18.2. The Balaban J connectivity index is 2.15. The van der Waals surface area contributed by atoms with Crippen LogP contribution in [0.2, 0.25) is 0 Å². The van der Waals surface area contributed by atoms with E-state index in [0.29, 0.717) is 22.3 Å². The highest BCUT2D eigenvalue weighted by molar-refractivity contribution is 7.93. The number of fused-ring (bicyclic) bond motifs is 1. The molecule has 0 aliphatic rings. The second-order valence-electron chi connectivity index (χ2n) is 6.11. The lowest BCUT2D eigenvalue weighted by molar-refractivity contribution is 0.217. The van der Waals surface area contributed by atoms with Crippen LogP contribution in [0.4, 0.5) is 11.6 Å². The van der Waals surface area contributed by atoms with Crippen LogP contribution in [0, 0.1) is 0 Å². The van der Waals surface area contributed by atoms with E-state index in [1.807, 2.05) is 6.07 Å². The van der Waals surface area contributed by atoms with Crippen LogP contribution < -0.4 is 11.5 Å². The SMILES string of the molecule is COCC[S@@+]([O-])c1sc2nc(-c3cnc(N)nc3)cc(C(C)C)c2c1N. The second kappa shape index (κ2) is 7.75. The fraction of sp³-hybridized carbons (Fsp3) is 0.353. The van der Waals surface area contributed by atoms with E-state index in [0.717, 1.165) is 27.0 Å². The average Bonchev–Trinajstić information content (AvgIpc) is 2.96. The van der Waals surface area contributed by atoms with E-state index >= 15 is 0 Å². The summed E-state index contributed by atoms with van der Waals surface area (Å²) in [5, 5.41) is 0.880. The molecule has 0 fully saturated rings. The molecule has 3 heterocycles. The number of aromatic nitrogens is 3. The second-order valence-corrected chi connectivity index (χ2v) is 8.87. The fourth-order valence-electron chi connectivity index (χ4n) is 2.62. The van der Waals surface area contributed by atoms with Gasteiger partial charge in [0.1, 0.15) is 16.3 Å². The van der Waals surface area contributed by atoms with E-state index in [1.165, 1.54) is 11.3 Å². The van der Waals surface area contributed by atoms with Crippen LogP contribution in [0.25, 0.3) is 21.5 Å². The molecule has 0 unspecified atom stereocenters. The molecule has 0 amide bonds. The number of hydrogen-bond acceptors (Lipinski definition) is 8. The Morgan fingerprint density at radius 3 is 2.58 bits per heavy atom. The molecule has 4 N–H and O–H groups in total. The predicted molar refractivity (Wildman–Crippen MR) is 107 cm³/mol. The molecule has 0 aromatic carbocycles. The molecule has 0 aliphatic carbocycles. The van der Waals surface area contributed by atoms with E-state index in [1.54, 1.807) is 19.5 Å². The van der Waals surface area contributed by atoms with Crippen molar-refractivity contribution in [1.29, 1.82) is 0 Å². The van der Waals surface area contributed by atoms with E-state index in [-0.39, 0.29) is 11.9 Å². The number of nitrogens with two attached hydrogens (primary N) is 2. The number of anilines is 2. The Morgan fingerprint density at radius 2 is 1.96 bits per heavy atom. The minimum absolute atomic E-state index is 0.218. The largest absolute Gasteiger partial charge is 0.611 e. The normalized spacial score (nSPS) is 12.8. The van der Waals surface area contributed by atoms with E-state index in [9.17, 15) is 4.55 Å². The van der Waals surface area contributed by atoms with Gasteiger partial charge in [-0.2, -0.15) is 0 Å². The molecule has 3 aromatic heterocycles. The van der Waals surface area contributed by atoms with Gasteiger partial charge in [0.05, 0.1) is 12.3 Å². The van der Waals surface area contributed by atoms with Gasteiger partial charge in [-0.3, -0.25) is 0 Å². The first-order chi connectivity index (χ1) is 12.4. The van der Waals surface area contributed by atoms with Crippen LogP contribution in [0.5, 0.6) is 0 Å². The first-order valence-electron chi connectivity index (χ1n) is 8.10. The highest BCUT2D eigenvalue weighted by Crippen LogP contribution is 2.41. The van der Waals surface area contributed by atoms with Gasteiger partial charge >= 0.3 is 0 Å². The first kappa shape index (κ1) is 18.8.